The highest BCUT2D eigenvalue weighted by Gasteiger charge is 2.30. The number of amides is 1. The summed E-state index contributed by atoms with van der Waals surface area (Å²) in [6.07, 6.45) is 6.79. The van der Waals surface area contributed by atoms with E-state index in [1.165, 1.54) is 12.1 Å². The molecule has 0 radical (unpaired) electrons. The Hall–Kier alpha value is -4.20. The number of nitrogens with zero attached hydrogens (tertiary/aromatic N) is 3. The second-order valence-electron chi connectivity index (χ2n) is 9.26. The molecule has 1 saturated carbocycles. The molecule has 5 aromatic rings. The molecule has 3 aromatic heterocycles. The maximum absolute atomic E-state index is 13.5. The van der Waals surface area contributed by atoms with Gasteiger partial charge in [-0.05, 0) is 49.4 Å². The van der Waals surface area contributed by atoms with E-state index < -0.39 is 0 Å². The number of nitrogen functional groups attached to an aromatic ring is 1. The summed E-state index contributed by atoms with van der Waals surface area (Å²) in [7, 11) is 0. The van der Waals surface area contributed by atoms with Crippen LogP contribution in [0.5, 0.6) is 0 Å². The SMILES string of the molecule is NC(=O)C1CCC(c2nc(-c3cc4cccc(-c5ccc(F)cc5)c4[nH]3)c3c(N)nccn23)CC1. The van der Waals surface area contributed by atoms with E-state index in [0.29, 0.717) is 5.82 Å². The van der Waals surface area contributed by atoms with Crippen LogP contribution in [0.1, 0.15) is 37.4 Å². The largest absolute Gasteiger partial charge is 0.382 e. The molecule has 7 nitrogen and oxygen atoms in total. The van der Waals surface area contributed by atoms with Crippen LogP contribution in [0.4, 0.5) is 10.2 Å². The van der Waals surface area contributed by atoms with Crippen LogP contribution in [0.3, 0.4) is 0 Å². The van der Waals surface area contributed by atoms with Crippen LogP contribution in [-0.4, -0.2) is 25.3 Å². The number of imidazole rings is 1. The van der Waals surface area contributed by atoms with Crippen LogP contribution in [0.25, 0.3) is 38.9 Å². The predicted molar refractivity (Wildman–Crippen MR) is 134 cm³/mol. The molecule has 1 aliphatic carbocycles. The van der Waals surface area contributed by atoms with Gasteiger partial charge in [0.15, 0.2) is 0 Å². The number of hydrogen-bond donors (Lipinski definition) is 3. The van der Waals surface area contributed by atoms with E-state index in [1.807, 2.05) is 28.8 Å². The van der Waals surface area contributed by atoms with Crippen molar-refractivity contribution in [3.05, 3.63) is 72.6 Å². The molecular formula is C27H25FN6O. The van der Waals surface area contributed by atoms with Gasteiger partial charge in [0.25, 0.3) is 0 Å². The first kappa shape index (κ1) is 21.3. The molecule has 1 fully saturated rings. The van der Waals surface area contributed by atoms with Gasteiger partial charge >= 0.3 is 0 Å². The number of nitrogens with one attached hydrogen (secondary N) is 1. The number of benzene rings is 2. The van der Waals surface area contributed by atoms with E-state index in [2.05, 4.69) is 16.0 Å². The van der Waals surface area contributed by atoms with Gasteiger partial charge in [0, 0.05) is 35.2 Å². The van der Waals surface area contributed by atoms with Crippen LogP contribution in [-0.2, 0) is 4.79 Å². The molecule has 0 saturated heterocycles. The number of anilines is 1. The average molecular weight is 469 g/mol. The molecule has 1 amide bonds. The van der Waals surface area contributed by atoms with E-state index in [-0.39, 0.29) is 23.6 Å². The zero-order chi connectivity index (χ0) is 24.1. The molecule has 2 aromatic carbocycles. The highest BCUT2D eigenvalue weighted by Crippen LogP contribution is 2.39. The third kappa shape index (κ3) is 3.62. The first-order chi connectivity index (χ1) is 17.0. The summed E-state index contributed by atoms with van der Waals surface area (Å²) in [5.41, 5.74) is 17.1. The number of aromatic nitrogens is 4. The van der Waals surface area contributed by atoms with E-state index in [0.717, 1.165) is 70.4 Å². The number of primary amides is 1. The second-order valence-corrected chi connectivity index (χ2v) is 9.26. The number of carbonyl (C=O) groups is 1. The molecule has 0 unspecified atom stereocenters. The number of rotatable bonds is 4. The van der Waals surface area contributed by atoms with Crippen LogP contribution >= 0.6 is 0 Å². The third-order valence-electron chi connectivity index (χ3n) is 7.17. The standard InChI is InChI=1S/C27H25FN6O/c28-19-10-8-15(9-11-19)20-3-1-2-18-14-21(32-22(18)20)23-24-25(29)31-12-13-34(24)27(33-23)17-6-4-16(5-7-17)26(30)35/h1-3,8-14,16-17,32H,4-7H2,(H2,29,31)(H2,30,35). The minimum absolute atomic E-state index is 0.0673. The topological polar surface area (TPSA) is 115 Å². The van der Waals surface area contributed by atoms with Crippen LogP contribution in [0.2, 0.25) is 0 Å². The van der Waals surface area contributed by atoms with Crippen molar-refractivity contribution in [1.29, 1.82) is 0 Å². The van der Waals surface area contributed by atoms with E-state index in [4.69, 9.17) is 16.5 Å². The van der Waals surface area contributed by atoms with Gasteiger partial charge in [-0.2, -0.15) is 0 Å². The van der Waals surface area contributed by atoms with Gasteiger partial charge in [-0.1, -0.05) is 30.3 Å². The molecule has 35 heavy (non-hydrogen) atoms. The van der Waals surface area contributed by atoms with Crippen molar-refractivity contribution in [3.8, 4) is 22.5 Å². The fraction of sp³-hybridized carbons (Fsp3) is 0.222. The van der Waals surface area contributed by atoms with Crippen molar-refractivity contribution in [3.63, 3.8) is 0 Å². The number of hydrogen-bond acceptors (Lipinski definition) is 4. The average Bonchev–Trinajstić information content (AvgIpc) is 3.47. The molecule has 6 rings (SSSR count). The molecule has 8 heteroatoms. The Morgan fingerprint density at radius 1 is 1.09 bits per heavy atom. The Balaban J connectivity index is 1.47. The zero-order valence-electron chi connectivity index (χ0n) is 19.0. The number of halogens is 1. The van der Waals surface area contributed by atoms with Gasteiger partial charge in [-0.3, -0.25) is 9.20 Å². The first-order valence-corrected chi connectivity index (χ1v) is 11.8. The maximum Gasteiger partial charge on any atom is 0.220 e. The van der Waals surface area contributed by atoms with Crippen molar-refractivity contribution in [2.45, 2.75) is 31.6 Å². The highest BCUT2D eigenvalue weighted by molar-refractivity contribution is 5.98. The molecule has 176 valence electrons. The molecule has 3 heterocycles. The number of nitrogens with two attached hydrogens (primary N) is 2. The molecule has 0 spiro atoms. The van der Waals surface area contributed by atoms with Gasteiger partial charge in [-0.25, -0.2) is 14.4 Å². The Labute approximate surface area is 201 Å². The summed E-state index contributed by atoms with van der Waals surface area (Å²) in [6, 6.07) is 14.6. The normalized spacial score (nSPS) is 18.3. The zero-order valence-corrected chi connectivity index (χ0v) is 19.0. The summed E-state index contributed by atoms with van der Waals surface area (Å²) in [5.74, 6) is 0.975. The number of aromatic amines is 1. The van der Waals surface area contributed by atoms with Crippen molar-refractivity contribution in [1.82, 2.24) is 19.4 Å². The van der Waals surface area contributed by atoms with E-state index in [1.54, 1.807) is 18.3 Å². The molecular weight excluding hydrogens is 443 g/mol. The molecule has 0 bridgehead atoms. The number of carbonyl (C=O) groups excluding carboxylic acids is 1. The van der Waals surface area contributed by atoms with Crippen LogP contribution in [0, 0.1) is 11.7 Å². The van der Waals surface area contributed by atoms with Crippen molar-refractivity contribution in [2.24, 2.45) is 11.7 Å². The molecule has 0 aliphatic heterocycles. The van der Waals surface area contributed by atoms with Gasteiger partial charge in [0.2, 0.25) is 5.91 Å². The number of fused-ring (bicyclic) bond motifs is 2. The summed E-state index contributed by atoms with van der Waals surface area (Å²) in [6.45, 7) is 0. The number of para-hydroxylation sites is 1. The lowest BCUT2D eigenvalue weighted by Gasteiger charge is -2.25. The van der Waals surface area contributed by atoms with Crippen LogP contribution in [0.15, 0.2) is 60.9 Å². The molecule has 5 N–H and O–H groups in total. The lowest BCUT2D eigenvalue weighted by Crippen LogP contribution is -2.27. The Kier molecular flexibility index (Phi) is 5.02. The second kappa shape index (κ2) is 8.23. The lowest BCUT2D eigenvalue weighted by atomic mass is 9.81. The van der Waals surface area contributed by atoms with Crippen molar-refractivity contribution >= 4 is 28.1 Å². The fourth-order valence-corrected chi connectivity index (χ4v) is 5.35. The summed E-state index contributed by atoms with van der Waals surface area (Å²) >= 11 is 0. The Morgan fingerprint density at radius 2 is 1.86 bits per heavy atom. The van der Waals surface area contributed by atoms with Crippen LogP contribution < -0.4 is 11.5 Å². The van der Waals surface area contributed by atoms with Crippen molar-refractivity contribution in [2.75, 3.05) is 5.73 Å². The summed E-state index contributed by atoms with van der Waals surface area (Å²) in [5, 5.41) is 1.02. The Morgan fingerprint density at radius 3 is 2.60 bits per heavy atom. The molecule has 1 aliphatic rings. The maximum atomic E-state index is 13.5. The fourth-order valence-electron chi connectivity index (χ4n) is 5.35. The van der Waals surface area contributed by atoms with Gasteiger partial charge in [0.05, 0.1) is 11.2 Å². The highest BCUT2D eigenvalue weighted by atomic mass is 19.1. The lowest BCUT2D eigenvalue weighted by molar-refractivity contribution is -0.122. The quantitative estimate of drug-likeness (QED) is 0.343. The van der Waals surface area contributed by atoms with Gasteiger partial charge in [-0.15, -0.1) is 0 Å². The first-order valence-electron chi connectivity index (χ1n) is 11.8. The Bertz CT molecular complexity index is 1560. The number of H-pyrrole nitrogens is 1. The van der Waals surface area contributed by atoms with Crippen molar-refractivity contribution < 1.29 is 9.18 Å². The van der Waals surface area contributed by atoms with E-state index in [9.17, 15) is 9.18 Å². The monoisotopic (exact) mass is 468 g/mol. The minimum atomic E-state index is -0.266. The smallest absolute Gasteiger partial charge is 0.220 e. The van der Waals surface area contributed by atoms with Gasteiger partial charge < -0.3 is 16.5 Å². The predicted octanol–water partition coefficient (Wildman–Crippen LogP) is 5.03. The van der Waals surface area contributed by atoms with E-state index >= 15 is 0 Å². The van der Waals surface area contributed by atoms with Gasteiger partial charge in [0.1, 0.15) is 28.7 Å². The minimum Gasteiger partial charge on any atom is -0.382 e. The summed E-state index contributed by atoms with van der Waals surface area (Å²) < 4.78 is 15.5. The summed E-state index contributed by atoms with van der Waals surface area (Å²) in [4.78, 5) is 24.6. The third-order valence-corrected chi connectivity index (χ3v) is 7.17. The molecule has 0 atom stereocenters.